The number of hydrogen-bond donors (Lipinski definition) is 0. The molecule has 79 valence electrons. The van der Waals surface area contributed by atoms with Crippen molar-refractivity contribution < 1.29 is 4.79 Å². The van der Waals surface area contributed by atoms with Crippen LogP contribution in [0.1, 0.15) is 27.0 Å². The van der Waals surface area contributed by atoms with Crippen LogP contribution >= 0.6 is 0 Å². The summed E-state index contributed by atoms with van der Waals surface area (Å²) in [4.78, 5) is 12.3. The van der Waals surface area contributed by atoms with E-state index in [9.17, 15) is 4.79 Å². The molecule has 0 unspecified atom stereocenters. The van der Waals surface area contributed by atoms with E-state index < -0.39 is 0 Å². The summed E-state index contributed by atoms with van der Waals surface area (Å²) < 4.78 is 0. The van der Waals surface area contributed by atoms with E-state index in [-0.39, 0.29) is 5.78 Å². The summed E-state index contributed by atoms with van der Waals surface area (Å²) in [5.41, 5.74) is 3.58. The molecular weight excluding hydrogens is 196 g/mol. The second-order valence-corrected chi connectivity index (χ2v) is 3.88. The lowest BCUT2D eigenvalue weighted by molar-refractivity contribution is 0.103. The molecule has 0 aliphatic carbocycles. The molecular formula is C15H13O. The molecule has 0 saturated carbocycles. The largest absolute Gasteiger partial charge is 0.289 e. The van der Waals surface area contributed by atoms with Crippen LogP contribution in [-0.4, -0.2) is 5.78 Å². The third-order valence-electron chi connectivity index (χ3n) is 2.69. The number of ketones is 1. The minimum atomic E-state index is 0.0876. The molecule has 0 N–H and O–H groups in total. The monoisotopic (exact) mass is 209 g/mol. The minimum absolute atomic E-state index is 0.0876. The Kier molecular flexibility index (Phi) is 2.86. The highest BCUT2D eigenvalue weighted by Gasteiger charge is 2.13. The van der Waals surface area contributed by atoms with E-state index in [2.05, 4.69) is 6.07 Å². The zero-order chi connectivity index (χ0) is 11.5. The average molecular weight is 209 g/mol. The van der Waals surface area contributed by atoms with E-state index in [4.69, 9.17) is 0 Å². The van der Waals surface area contributed by atoms with Crippen molar-refractivity contribution in [2.45, 2.75) is 13.8 Å². The molecule has 0 aliphatic rings. The summed E-state index contributed by atoms with van der Waals surface area (Å²) in [6, 6.07) is 16.0. The second kappa shape index (κ2) is 4.31. The zero-order valence-corrected chi connectivity index (χ0v) is 9.45. The molecule has 2 aromatic rings. The van der Waals surface area contributed by atoms with Gasteiger partial charge in [0.25, 0.3) is 0 Å². The maximum atomic E-state index is 12.3. The summed E-state index contributed by atoms with van der Waals surface area (Å²) in [7, 11) is 0. The summed E-state index contributed by atoms with van der Waals surface area (Å²) in [6.45, 7) is 3.94. The number of rotatable bonds is 2. The molecule has 0 amide bonds. The first-order valence-corrected chi connectivity index (χ1v) is 5.27. The molecule has 0 bridgehead atoms. The average Bonchev–Trinajstić information content (AvgIpc) is 2.30. The van der Waals surface area contributed by atoms with E-state index in [0.29, 0.717) is 0 Å². The standard InChI is InChI=1S/C15H13O/c1-11-7-6-8-12(2)14(11)15(16)13-9-4-3-5-10-13/h4-10H,1-2H3. The quantitative estimate of drug-likeness (QED) is 0.693. The Morgan fingerprint density at radius 3 is 2.12 bits per heavy atom. The van der Waals surface area contributed by atoms with Crippen molar-refractivity contribution in [2.75, 3.05) is 0 Å². The number of carbonyl (C=O) groups is 1. The van der Waals surface area contributed by atoms with Crippen LogP contribution in [0.25, 0.3) is 0 Å². The van der Waals surface area contributed by atoms with Crippen molar-refractivity contribution in [3.63, 3.8) is 0 Å². The Bertz CT molecular complexity index is 492. The van der Waals surface area contributed by atoms with Crippen LogP contribution in [0.4, 0.5) is 0 Å². The predicted octanol–water partition coefficient (Wildman–Crippen LogP) is 3.33. The van der Waals surface area contributed by atoms with Gasteiger partial charge in [0.05, 0.1) is 0 Å². The molecule has 2 aromatic carbocycles. The molecule has 0 saturated heterocycles. The van der Waals surface area contributed by atoms with Crippen LogP contribution in [0.3, 0.4) is 0 Å². The van der Waals surface area contributed by atoms with E-state index in [1.165, 1.54) is 0 Å². The van der Waals surface area contributed by atoms with E-state index in [1.807, 2.05) is 32.0 Å². The molecule has 0 aromatic heterocycles. The fraction of sp³-hybridized carbons (Fsp3) is 0.133. The van der Waals surface area contributed by atoms with Crippen molar-refractivity contribution in [3.05, 3.63) is 70.8 Å². The molecule has 1 heteroatoms. The van der Waals surface area contributed by atoms with Crippen LogP contribution < -0.4 is 0 Å². The van der Waals surface area contributed by atoms with Crippen molar-refractivity contribution in [1.82, 2.24) is 0 Å². The lowest BCUT2D eigenvalue weighted by atomic mass is 9.95. The molecule has 16 heavy (non-hydrogen) atoms. The molecule has 0 fully saturated rings. The first-order valence-electron chi connectivity index (χ1n) is 5.27. The van der Waals surface area contributed by atoms with Crippen molar-refractivity contribution in [2.24, 2.45) is 0 Å². The van der Waals surface area contributed by atoms with Crippen molar-refractivity contribution in [3.8, 4) is 0 Å². The highest BCUT2D eigenvalue weighted by Crippen LogP contribution is 2.17. The smallest absolute Gasteiger partial charge is 0.193 e. The van der Waals surface area contributed by atoms with Gasteiger partial charge in [-0.2, -0.15) is 0 Å². The topological polar surface area (TPSA) is 17.1 Å². The van der Waals surface area contributed by atoms with Gasteiger partial charge < -0.3 is 0 Å². The molecule has 0 aliphatic heterocycles. The minimum Gasteiger partial charge on any atom is -0.289 e. The highest BCUT2D eigenvalue weighted by atomic mass is 16.1. The van der Waals surface area contributed by atoms with Crippen LogP contribution in [0.5, 0.6) is 0 Å². The van der Waals surface area contributed by atoms with Crippen molar-refractivity contribution in [1.29, 1.82) is 0 Å². The normalized spacial score (nSPS) is 10.1. The summed E-state index contributed by atoms with van der Waals surface area (Å²) in [5, 5.41) is 0. The summed E-state index contributed by atoms with van der Waals surface area (Å²) in [5.74, 6) is 0.0876. The molecule has 1 nitrogen and oxygen atoms in total. The Balaban J connectivity index is 2.50. The van der Waals surface area contributed by atoms with E-state index in [1.54, 1.807) is 24.3 Å². The van der Waals surface area contributed by atoms with Gasteiger partial charge in [-0.3, -0.25) is 4.79 Å². The Hall–Kier alpha value is -1.89. The van der Waals surface area contributed by atoms with Crippen LogP contribution in [-0.2, 0) is 0 Å². The lowest BCUT2D eigenvalue weighted by Gasteiger charge is -2.08. The summed E-state index contributed by atoms with van der Waals surface area (Å²) >= 11 is 0. The molecule has 2 rings (SSSR count). The van der Waals surface area contributed by atoms with Gasteiger partial charge in [0.1, 0.15) is 0 Å². The van der Waals surface area contributed by atoms with Crippen LogP contribution in [0, 0.1) is 19.9 Å². The van der Waals surface area contributed by atoms with Gasteiger partial charge >= 0.3 is 0 Å². The third kappa shape index (κ3) is 1.89. The fourth-order valence-corrected chi connectivity index (χ4v) is 1.86. The van der Waals surface area contributed by atoms with Crippen LogP contribution in [0.2, 0.25) is 0 Å². The highest BCUT2D eigenvalue weighted by molar-refractivity contribution is 6.10. The Labute approximate surface area is 95.7 Å². The molecule has 0 atom stereocenters. The number of hydrogen-bond acceptors (Lipinski definition) is 1. The van der Waals surface area contributed by atoms with Gasteiger partial charge in [-0.05, 0) is 31.0 Å². The van der Waals surface area contributed by atoms with Crippen molar-refractivity contribution >= 4 is 5.78 Å². The molecule has 0 heterocycles. The molecule has 1 radical (unpaired) electrons. The van der Waals surface area contributed by atoms with Gasteiger partial charge in [-0.1, -0.05) is 42.5 Å². The fourth-order valence-electron chi connectivity index (χ4n) is 1.86. The number of benzene rings is 2. The zero-order valence-electron chi connectivity index (χ0n) is 9.45. The number of carbonyl (C=O) groups excluding carboxylic acids is 1. The van der Waals surface area contributed by atoms with E-state index in [0.717, 1.165) is 22.3 Å². The first-order chi connectivity index (χ1) is 7.70. The van der Waals surface area contributed by atoms with Crippen LogP contribution in [0.15, 0.2) is 42.5 Å². The van der Waals surface area contributed by atoms with Gasteiger partial charge in [-0.15, -0.1) is 0 Å². The lowest BCUT2D eigenvalue weighted by Crippen LogP contribution is -2.05. The predicted molar refractivity (Wildman–Crippen MR) is 64.6 cm³/mol. The summed E-state index contributed by atoms with van der Waals surface area (Å²) in [6.07, 6.45) is 0. The third-order valence-corrected chi connectivity index (χ3v) is 2.69. The number of aryl methyl sites for hydroxylation is 2. The van der Waals surface area contributed by atoms with E-state index >= 15 is 0 Å². The maximum Gasteiger partial charge on any atom is 0.193 e. The second-order valence-electron chi connectivity index (χ2n) is 3.88. The van der Waals surface area contributed by atoms with Gasteiger partial charge in [0.15, 0.2) is 5.78 Å². The van der Waals surface area contributed by atoms with Gasteiger partial charge in [0, 0.05) is 11.1 Å². The first kappa shape index (κ1) is 10.6. The maximum absolute atomic E-state index is 12.3. The SMILES string of the molecule is Cc1cccc(C)c1C(=O)c1cc[c]cc1. The Morgan fingerprint density at radius 2 is 1.56 bits per heavy atom. The van der Waals surface area contributed by atoms with Gasteiger partial charge in [0.2, 0.25) is 0 Å². The van der Waals surface area contributed by atoms with Gasteiger partial charge in [-0.25, -0.2) is 0 Å². The molecule has 0 spiro atoms. The Morgan fingerprint density at radius 1 is 1.00 bits per heavy atom.